The molecule has 0 radical (unpaired) electrons. The van der Waals surface area contributed by atoms with Gasteiger partial charge in [0.25, 0.3) is 11.8 Å². The third kappa shape index (κ3) is 6.25. The first-order valence-electron chi connectivity index (χ1n) is 11.2. The fraction of sp³-hybridized carbons (Fsp3) is 0.103. The van der Waals surface area contributed by atoms with Crippen LogP contribution < -0.4 is 15.4 Å². The van der Waals surface area contributed by atoms with Gasteiger partial charge in [0.2, 0.25) is 0 Å². The lowest BCUT2D eigenvalue weighted by Crippen LogP contribution is -2.37. The van der Waals surface area contributed by atoms with Crippen molar-refractivity contribution in [3.05, 3.63) is 129 Å². The van der Waals surface area contributed by atoms with E-state index in [0.717, 1.165) is 21.6 Å². The smallest absolute Gasteiger partial charge is 0.268 e. The zero-order valence-corrected chi connectivity index (χ0v) is 20.3. The second-order valence-corrected chi connectivity index (χ2v) is 8.96. The molecular formula is C29H26N2O3S. The summed E-state index contributed by atoms with van der Waals surface area (Å²) in [5.74, 6) is -0.107. The van der Waals surface area contributed by atoms with E-state index in [4.69, 9.17) is 4.74 Å². The summed E-state index contributed by atoms with van der Waals surface area (Å²) >= 11 is 1.49. The topological polar surface area (TPSA) is 67.4 Å². The van der Waals surface area contributed by atoms with Crippen LogP contribution in [-0.4, -0.2) is 18.9 Å². The van der Waals surface area contributed by atoms with E-state index in [0.29, 0.717) is 11.3 Å². The van der Waals surface area contributed by atoms with Crippen molar-refractivity contribution in [2.24, 2.45) is 0 Å². The Morgan fingerprint density at radius 3 is 2.17 bits per heavy atom. The van der Waals surface area contributed by atoms with Crippen LogP contribution in [0.4, 0.5) is 0 Å². The van der Waals surface area contributed by atoms with Gasteiger partial charge < -0.3 is 15.4 Å². The van der Waals surface area contributed by atoms with Crippen LogP contribution in [0.5, 0.6) is 5.75 Å². The maximum atomic E-state index is 13.6. The first-order valence-corrected chi connectivity index (χ1v) is 12.0. The number of amides is 2. The molecule has 3 aromatic carbocycles. The van der Waals surface area contributed by atoms with Crippen LogP contribution in [0.15, 0.2) is 102 Å². The Bertz CT molecular complexity index is 1300. The van der Waals surface area contributed by atoms with Crippen LogP contribution in [0.2, 0.25) is 0 Å². The van der Waals surface area contributed by atoms with E-state index in [1.807, 2.05) is 79.0 Å². The number of rotatable bonds is 8. The highest BCUT2D eigenvalue weighted by molar-refractivity contribution is 7.10. The number of hydrogen-bond acceptors (Lipinski definition) is 4. The second-order valence-electron chi connectivity index (χ2n) is 7.98. The Morgan fingerprint density at radius 2 is 1.54 bits per heavy atom. The number of aryl methyl sites for hydroxylation is 1. The molecule has 0 unspecified atom stereocenters. The maximum absolute atomic E-state index is 13.6. The number of carbonyl (C=O) groups is 2. The normalized spacial score (nSPS) is 12.0. The predicted molar refractivity (Wildman–Crippen MR) is 140 cm³/mol. The van der Waals surface area contributed by atoms with Crippen LogP contribution in [0.25, 0.3) is 6.08 Å². The van der Waals surface area contributed by atoms with Gasteiger partial charge in [-0.15, -0.1) is 11.3 Å². The van der Waals surface area contributed by atoms with Crippen LogP contribution in [0.1, 0.15) is 38.0 Å². The number of thiophene rings is 1. The summed E-state index contributed by atoms with van der Waals surface area (Å²) in [7, 11) is 1.57. The summed E-state index contributed by atoms with van der Waals surface area (Å²) in [6.07, 6.45) is 1.69. The summed E-state index contributed by atoms with van der Waals surface area (Å²) < 4.78 is 5.17. The molecule has 2 N–H and O–H groups in total. The summed E-state index contributed by atoms with van der Waals surface area (Å²) in [5.41, 5.74) is 3.63. The van der Waals surface area contributed by atoms with Crippen molar-refractivity contribution in [1.82, 2.24) is 10.6 Å². The quantitative estimate of drug-likeness (QED) is 0.315. The number of carbonyl (C=O) groups excluding carboxylic acids is 2. The molecule has 0 aliphatic rings. The Morgan fingerprint density at radius 1 is 0.857 bits per heavy atom. The average molecular weight is 483 g/mol. The largest absolute Gasteiger partial charge is 0.497 e. The zero-order valence-electron chi connectivity index (χ0n) is 19.5. The highest BCUT2D eigenvalue weighted by Crippen LogP contribution is 2.23. The van der Waals surface area contributed by atoms with Crippen LogP contribution in [0.3, 0.4) is 0 Å². The predicted octanol–water partition coefficient (Wildman–Crippen LogP) is 5.74. The molecule has 0 spiro atoms. The summed E-state index contributed by atoms with van der Waals surface area (Å²) in [5, 5.41) is 7.84. The molecule has 1 aromatic heterocycles. The number of nitrogens with one attached hydrogen (secondary N) is 2. The molecule has 176 valence electrons. The van der Waals surface area contributed by atoms with Crippen molar-refractivity contribution in [1.29, 1.82) is 0 Å². The van der Waals surface area contributed by atoms with Crippen LogP contribution in [0, 0.1) is 6.92 Å². The van der Waals surface area contributed by atoms with Crippen LogP contribution in [-0.2, 0) is 4.79 Å². The van der Waals surface area contributed by atoms with Gasteiger partial charge in [-0.1, -0.05) is 66.2 Å². The number of methoxy groups -OCH3 is 1. The van der Waals surface area contributed by atoms with Gasteiger partial charge in [-0.2, -0.15) is 0 Å². The van der Waals surface area contributed by atoms with Crippen molar-refractivity contribution in [2.75, 3.05) is 7.11 Å². The average Bonchev–Trinajstić information content (AvgIpc) is 3.41. The maximum Gasteiger partial charge on any atom is 0.268 e. The first kappa shape index (κ1) is 24.0. The number of hydrogen-bond donors (Lipinski definition) is 2. The molecule has 0 saturated heterocycles. The summed E-state index contributed by atoms with van der Waals surface area (Å²) in [4.78, 5) is 27.4. The third-order valence-electron chi connectivity index (χ3n) is 5.49. The molecule has 35 heavy (non-hydrogen) atoms. The lowest BCUT2D eigenvalue weighted by atomic mass is 9.97. The van der Waals surface area contributed by atoms with Crippen molar-refractivity contribution in [3.8, 4) is 5.75 Å². The molecule has 0 fully saturated rings. The van der Waals surface area contributed by atoms with Crippen molar-refractivity contribution < 1.29 is 14.3 Å². The highest BCUT2D eigenvalue weighted by atomic mass is 32.1. The molecule has 0 aliphatic carbocycles. The second kappa shape index (κ2) is 11.3. The molecule has 4 aromatic rings. The Hall–Kier alpha value is -4.16. The third-order valence-corrected chi connectivity index (χ3v) is 6.31. The Kier molecular flexibility index (Phi) is 7.75. The van der Waals surface area contributed by atoms with Gasteiger partial charge in [0, 0.05) is 10.4 Å². The first-order chi connectivity index (χ1) is 17.0. The fourth-order valence-corrected chi connectivity index (χ4v) is 4.24. The van der Waals surface area contributed by atoms with E-state index in [9.17, 15) is 9.59 Å². The Balaban J connectivity index is 1.63. The minimum absolute atomic E-state index is 0.168. The van der Waals surface area contributed by atoms with E-state index in [1.54, 1.807) is 37.5 Å². The molecular weight excluding hydrogens is 456 g/mol. The standard InChI is InChI=1S/C29H26N2O3S/c1-20-10-12-22(13-11-20)27(21-7-4-3-5-8-21)31-29(33)26(19-25-9-6-18-35-25)30-28(32)23-14-16-24(34-2)17-15-23/h3-19,27H,1-2H3,(H,30,32)(H,31,33)/b26-19-/t27-/m1/s1. The molecule has 5 nitrogen and oxygen atoms in total. The van der Waals surface area contributed by atoms with Crippen molar-refractivity contribution >= 4 is 29.2 Å². The lowest BCUT2D eigenvalue weighted by molar-refractivity contribution is -0.118. The molecule has 2 amide bonds. The van der Waals surface area contributed by atoms with Gasteiger partial charge >= 0.3 is 0 Å². The summed E-state index contributed by atoms with van der Waals surface area (Å²) in [6.45, 7) is 2.02. The van der Waals surface area contributed by atoms with Gasteiger partial charge in [-0.25, -0.2) is 0 Å². The molecule has 4 rings (SSSR count). The van der Waals surface area contributed by atoms with Gasteiger partial charge in [0.05, 0.1) is 13.2 Å². The SMILES string of the molecule is COc1ccc(C(=O)N/C(=C\c2cccs2)C(=O)N[C@H](c2ccccc2)c2ccc(C)cc2)cc1. The van der Waals surface area contributed by atoms with E-state index >= 15 is 0 Å². The molecule has 6 heteroatoms. The molecule has 0 aliphatic heterocycles. The lowest BCUT2D eigenvalue weighted by Gasteiger charge is -2.21. The molecule has 0 saturated carbocycles. The van der Waals surface area contributed by atoms with Gasteiger partial charge in [-0.05, 0) is 59.8 Å². The van der Waals surface area contributed by atoms with Crippen molar-refractivity contribution in [3.63, 3.8) is 0 Å². The minimum Gasteiger partial charge on any atom is -0.497 e. The van der Waals surface area contributed by atoms with E-state index in [-0.39, 0.29) is 23.6 Å². The van der Waals surface area contributed by atoms with E-state index in [1.165, 1.54) is 11.3 Å². The minimum atomic E-state index is -0.381. The van der Waals surface area contributed by atoms with Gasteiger partial charge in [-0.3, -0.25) is 9.59 Å². The molecule has 1 heterocycles. The van der Waals surface area contributed by atoms with E-state index in [2.05, 4.69) is 10.6 Å². The highest BCUT2D eigenvalue weighted by Gasteiger charge is 2.21. The number of benzene rings is 3. The van der Waals surface area contributed by atoms with E-state index < -0.39 is 0 Å². The zero-order chi connectivity index (χ0) is 24.6. The molecule has 1 atom stereocenters. The number of ether oxygens (including phenoxy) is 1. The van der Waals surface area contributed by atoms with Gasteiger partial charge in [0.15, 0.2) is 0 Å². The van der Waals surface area contributed by atoms with Crippen LogP contribution >= 0.6 is 11.3 Å². The van der Waals surface area contributed by atoms with Gasteiger partial charge in [0.1, 0.15) is 11.4 Å². The monoisotopic (exact) mass is 482 g/mol. The fourth-order valence-electron chi connectivity index (χ4n) is 3.58. The molecule has 0 bridgehead atoms. The van der Waals surface area contributed by atoms with Crippen molar-refractivity contribution in [2.45, 2.75) is 13.0 Å². The Labute approximate surface area is 209 Å². The summed E-state index contributed by atoms with van der Waals surface area (Å²) in [6, 6.07) is 28.0.